The Balaban J connectivity index is 1.58. The molecule has 2 aliphatic rings. The van der Waals surface area contributed by atoms with Crippen LogP contribution in [-0.2, 0) is 16.8 Å². The van der Waals surface area contributed by atoms with Gasteiger partial charge in [-0.2, -0.15) is 5.10 Å². The summed E-state index contributed by atoms with van der Waals surface area (Å²) in [6, 6.07) is 7.08. The number of carbonyl (C=O) groups excluding carboxylic acids is 1. The minimum absolute atomic E-state index is 0.0760. The van der Waals surface area contributed by atoms with Crippen molar-refractivity contribution >= 4 is 11.4 Å². The topological polar surface area (TPSA) is 78.0 Å². The van der Waals surface area contributed by atoms with Crippen LogP contribution in [0.2, 0.25) is 0 Å². The Morgan fingerprint density at radius 2 is 1.90 bits per heavy atom. The SMILES string of the molecule is Cc1nc(-c2nc3n(c2-c2ccc4ncnn4c2)CCC32CCC(=O)CC2)ccc1F. The quantitative estimate of drug-likeness (QED) is 0.495. The maximum atomic E-state index is 13.9. The summed E-state index contributed by atoms with van der Waals surface area (Å²) in [5, 5.41) is 4.28. The lowest BCUT2D eigenvalue weighted by molar-refractivity contribution is -0.121. The molecule has 5 heterocycles. The number of aromatic nitrogens is 6. The van der Waals surface area contributed by atoms with Crippen LogP contribution in [0.4, 0.5) is 4.39 Å². The Hall–Kier alpha value is -3.42. The maximum absolute atomic E-state index is 13.9. The van der Waals surface area contributed by atoms with Gasteiger partial charge in [0.1, 0.15) is 29.4 Å². The summed E-state index contributed by atoms with van der Waals surface area (Å²) in [5.41, 5.74) is 4.35. The molecule has 0 N–H and O–H groups in total. The number of Topliss-reactive ketones (excluding diaryl/α,β-unsaturated/α-hetero) is 1. The molecule has 1 aliphatic carbocycles. The number of imidazole rings is 1. The van der Waals surface area contributed by atoms with Crippen LogP contribution in [0.1, 0.15) is 43.6 Å². The van der Waals surface area contributed by atoms with E-state index in [4.69, 9.17) is 4.98 Å². The summed E-state index contributed by atoms with van der Waals surface area (Å²) in [4.78, 5) is 25.7. The number of ketones is 1. The number of hydrogen-bond acceptors (Lipinski definition) is 5. The van der Waals surface area contributed by atoms with Crippen LogP contribution in [0.3, 0.4) is 0 Å². The molecule has 1 fully saturated rings. The number of nitrogens with zero attached hydrogens (tertiary/aromatic N) is 6. The summed E-state index contributed by atoms with van der Waals surface area (Å²) in [6.07, 6.45) is 7.34. The molecule has 8 heteroatoms. The number of halogens is 1. The van der Waals surface area contributed by atoms with E-state index in [1.165, 1.54) is 12.4 Å². The number of pyridine rings is 2. The van der Waals surface area contributed by atoms with Gasteiger partial charge in [-0.1, -0.05) is 0 Å². The standard InChI is InChI=1S/C23H21FN6O/c1-14-17(24)3-4-18(27-14)20-21(15-2-5-19-25-13-26-30(19)12-15)29-11-10-23(22(29)28-20)8-6-16(31)7-9-23/h2-5,12-13H,6-11H2,1H3. The Labute approximate surface area is 178 Å². The average Bonchev–Trinajstić information content (AvgIpc) is 3.47. The second-order valence-electron chi connectivity index (χ2n) is 8.60. The molecule has 156 valence electrons. The van der Waals surface area contributed by atoms with Crippen molar-refractivity contribution in [2.75, 3.05) is 0 Å². The van der Waals surface area contributed by atoms with Gasteiger partial charge in [-0.25, -0.2) is 23.9 Å². The highest BCUT2D eigenvalue weighted by atomic mass is 19.1. The highest BCUT2D eigenvalue weighted by molar-refractivity contribution is 5.81. The molecule has 31 heavy (non-hydrogen) atoms. The highest BCUT2D eigenvalue weighted by Crippen LogP contribution is 2.48. The molecule has 6 rings (SSSR count). The molecule has 1 spiro atoms. The first-order valence-electron chi connectivity index (χ1n) is 10.6. The predicted octanol–water partition coefficient (Wildman–Crippen LogP) is 3.89. The number of aryl methyl sites for hydroxylation is 1. The third-order valence-electron chi connectivity index (χ3n) is 6.83. The zero-order chi connectivity index (χ0) is 21.2. The lowest BCUT2D eigenvalue weighted by atomic mass is 9.72. The fraction of sp³-hybridized carbons (Fsp3) is 0.348. The van der Waals surface area contributed by atoms with Crippen molar-refractivity contribution in [2.24, 2.45) is 0 Å². The Bertz CT molecular complexity index is 1340. The first-order valence-corrected chi connectivity index (χ1v) is 10.6. The Morgan fingerprint density at radius 1 is 1.06 bits per heavy atom. The van der Waals surface area contributed by atoms with Crippen LogP contribution < -0.4 is 0 Å². The van der Waals surface area contributed by atoms with Gasteiger partial charge in [0, 0.05) is 36.6 Å². The van der Waals surface area contributed by atoms with Crippen molar-refractivity contribution < 1.29 is 9.18 Å². The van der Waals surface area contributed by atoms with Crippen molar-refractivity contribution in [3.63, 3.8) is 0 Å². The van der Waals surface area contributed by atoms with E-state index in [-0.39, 0.29) is 11.2 Å². The fourth-order valence-corrected chi connectivity index (χ4v) is 5.10. The highest BCUT2D eigenvalue weighted by Gasteiger charge is 2.45. The van der Waals surface area contributed by atoms with Crippen LogP contribution in [0.25, 0.3) is 28.3 Å². The van der Waals surface area contributed by atoms with Gasteiger partial charge >= 0.3 is 0 Å². The second kappa shape index (κ2) is 6.54. The number of fused-ring (bicyclic) bond motifs is 3. The van der Waals surface area contributed by atoms with E-state index >= 15 is 0 Å². The van der Waals surface area contributed by atoms with Crippen molar-refractivity contribution in [1.29, 1.82) is 0 Å². The van der Waals surface area contributed by atoms with Gasteiger partial charge in [0.25, 0.3) is 0 Å². The summed E-state index contributed by atoms with van der Waals surface area (Å²) < 4.78 is 17.9. The van der Waals surface area contributed by atoms with Crippen molar-refractivity contribution in [3.8, 4) is 22.6 Å². The van der Waals surface area contributed by atoms with E-state index in [1.54, 1.807) is 17.5 Å². The third kappa shape index (κ3) is 2.74. The molecule has 0 atom stereocenters. The van der Waals surface area contributed by atoms with Crippen LogP contribution in [-0.4, -0.2) is 34.9 Å². The summed E-state index contributed by atoms with van der Waals surface area (Å²) in [7, 11) is 0. The number of rotatable bonds is 2. The molecular formula is C23H21FN6O. The molecule has 4 aromatic heterocycles. The van der Waals surface area contributed by atoms with Gasteiger partial charge in [0.05, 0.1) is 17.1 Å². The molecule has 0 bridgehead atoms. The predicted molar refractivity (Wildman–Crippen MR) is 112 cm³/mol. The molecule has 1 aliphatic heterocycles. The molecule has 4 aromatic rings. The normalized spacial score (nSPS) is 17.5. The van der Waals surface area contributed by atoms with Crippen LogP contribution in [0.15, 0.2) is 36.8 Å². The monoisotopic (exact) mass is 416 g/mol. The van der Waals surface area contributed by atoms with Gasteiger partial charge in [0.2, 0.25) is 0 Å². The van der Waals surface area contributed by atoms with Crippen LogP contribution in [0.5, 0.6) is 0 Å². The van der Waals surface area contributed by atoms with Gasteiger partial charge in [-0.15, -0.1) is 0 Å². The Kier molecular flexibility index (Phi) is 3.87. The summed E-state index contributed by atoms with van der Waals surface area (Å²) >= 11 is 0. The van der Waals surface area contributed by atoms with Gasteiger partial charge in [-0.3, -0.25) is 4.79 Å². The number of hydrogen-bond donors (Lipinski definition) is 0. The van der Waals surface area contributed by atoms with Crippen LogP contribution in [0, 0.1) is 12.7 Å². The molecule has 7 nitrogen and oxygen atoms in total. The van der Waals surface area contributed by atoms with E-state index in [0.717, 1.165) is 54.2 Å². The van der Waals surface area contributed by atoms with E-state index < -0.39 is 0 Å². The van der Waals surface area contributed by atoms with E-state index in [2.05, 4.69) is 19.6 Å². The fourth-order valence-electron chi connectivity index (χ4n) is 5.10. The first-order chi connectivity index (χ1) is 15.0. The average molecular weight is 416 g/mol. The van der Waals surface area contributed by atoms with Gasteiger partial charge in [0.15, 0.2) is 5.65 Å². The molecule has 0 aromatic carbocycles. The smallest absolute Gasteiger partial charge is 0.155 e. The molecule has 1 saturated carbocycles. The second-order valence-corrected chi connectivity index (χ2v) is 8.60. The van der Waals surface area contributed by atoms with Gasteiger partial charge < -0.3 is 4.57 Å². The molecule has 0 saturated heterocycles. The summed E-state index contributed by atoms with van der Waals surface area (Å²) in [6.45, 7) is 2.50. The zero-order valence-electron chi connectivity index (χ0n) is 17.2. The molecule has 0 amide bonds. The molecule has 0 radical (unpaired) electrons. The van der Waals surface area contributed by atoms with Crippen molar-refractivity contribution in [2.45, 2.75) is 51.0 Å². The largest absolute Gasteiger partial charge is 0.327 e. The molecular weight excluding hydrogens is 395 g/mol. The Morgan fingerprint density at radius 3 is 2.71 bits per heavy atom. The minimum Gasteiger partial charge on any atom is -0.327 e. The minimum atomic E-state index is -0.330. The van der Waals surface area contributed by atoms with Crippen LogP contribution >= 0.6 is 0 Å². The maximum Gasteiger partial charge on any atom is 0.155 e. The lowest BCUT2D eigenvalue weighted by Crippen LogP contribution is -2.30. The first kappa shape index (κ1) is 18.4. The zero-order valence-corrected chi connectivity index (χ0v) is 17.2. The third-order valence-corrected chi connectivity index (χ3v) is 6.83. The summed E-state index contributed by atoms with van der Waals surface area (Å²) in [5.74, 6) is 1.03. The van der Waals surface area contributed by atoms with Crippen molar-refractivity contribution in [3.05, 3.63) is 54.1 Å². The lowest BCUT2D eigenvalue weighted by Gasteiger charge is -2.31. The van der Waals surface area contributed by atoms with Crippen molar-refractivity contribution in [1.82, 2.24) is 29.1 Å². The molecule has 0 unspecified atom stereocenters. The van der Waals surface area contributed by atoms with Gasteiger partial charge in [-0.05, 0) is 50.5 Å². The van der Waals surface area contributed by atoms with E-state index in [1.807, 2.05) is 18.3 Å². The number of carbonyl (C=O) groups is 1. The van der Waals surface area contributed by atoms with E-state index in [9.17, 15) is 9.18 Å². The van der Waals surface area contributed by atoms with E-state index in [0.29, 0.717) is 30.0 Å².